The van der Waals surface area contributed by atoms with E-state index in [9.17, 15) is 4.79 Å². The SMILES string of the molecule is COCC1(C(=O)N[C@@H](CCn2ccnc2)c2ccccc2)CCC1. The van der Waals surface area contributed by atoms with Gasteiger partial charge in [0.1, 0.15) is 0 Å². The van der Waals surface area contributed by atoms with Crippen LogP contribution in [0.1, 0.15) is 37.3 Å². The zero-order chi connectivity index (χ0) is 16.8. The van der Waals surface area contributed by atoms with Gasteiger partial charge in [0.05, 0.1) is 24.4 Å². The van der Waals surface area contributed by atoms with E-state index in [4.69, 9.17) is 4.74 Å². The first kappa shape index (κ1) is 16.7. The van der Waals surface area contributed by atoms with Crippen LogP contribution in [-0.4, -0.2) is 29.2 Å². The summed E-state index contributed by atoms with van der Waals surface area (Å²) in [7, 11) is 1.67. The normalized spacial score (nSPS) is 17.0. The number of imidazole rings is 1. The van der Waals surface area contributed by atoms with E-state index < -0.39 is 0 Å². The number of hydrogen-bond acceptors (Lipinski definition) is 3. The van der Waals surface area contributed by atoms with Gasteiger partial charge in [-0.25, -0.2) is 4.98 Å². The fourth-order valence-electron chi connectivity index (χ4n) is 3.33. The number of nitrogens with zero attached hydrogens (tertiary/aromatic N) is 2. The molecule has 1 amide bonds. The maximum Gasteiger partial charge on any atom is 0.229 e. The first-order valence-corrected chi connectivity index (χ1v) is 8.54. The number of hydrogen-bond donors (Lipinski definition) is 1. The lowest BCUT2D eigenvalue weighted by molar-refractivity contribution is -0.141. The van der Waals surface area contributed by atoms with Gasteiger partial charge in [-0.1, -0.05) is 36.8 Å². The number of amides is 1. The second kappa shape index (κ2) is 7.62. The first-order chi connectivity index (χ1) is 11.7. The minimum Gasteiger partial charge on any atom is -0.384 e. The van der Waals surface area contributed by atoms with Crippen molar-refractivity contribution < 1.29 is 9.53 Å². The number of methoxy groups -OCH3 is 1. The summed E-state index contributed by atoms with van der Waals surface area (Å²) in [6, 6.07) is 10.2. The summed E-state index contributed by atoms with van der Waals surface area (Å²) in [5, 5.41) is 3.27. The molecule has 0 aliphatic heterocycles. The average Bonchev–Trinajstić information content (AvgIpc) is 3.09. The van der Waals surface area contributed by atoms with Crippen LogP contribution in [0.2, 0.25) is 0 Å². The molecule has 5 heteroatoms. The second-order valence-electron chi connectivity index (χ2n) is 6.59. The molecular weight excluding hydrogens is 302 g/mol. The Kier molecular flexibility index (Phi) is 5.30. The molecule has 0 saturated heterocycles. The van der Waals surface area contributed by atoms with Crippen LogP contribution in [0.25, 0.3) is 0 Å². The molecule has 1 N–H and O–H groups in total. The molecule has 24 heavy (non-hydrogen) atoms. The molecule has 0 bridgehead atoms. The third-order valence-corrected chi connectivity index (χ3v) is 4.96. The molecule has 1 saturated carbocycles. The third kappa shape index (κ3) is 3.67. The number of benzene rings is 1. The van der Waals surface area contributed by atoms with Gasteiger partial charge >= 0.3 is 0 Å². The number of carbonyl (C=O) groups is 1. The Morgan fingerprint density at radius 3 is 2.75 bits per heavy atom. The summed E-state index contributed by atoms with van der Waals surface area (Å²) in [5.41, 5.74) is 0.800. The highest BCUT2D eigenvalue weighted by atomic mass is 16.5. The maximum absolute atomic E-state index is 12.9. The van der Waals surface area contributed by atoms with Crippen molar-refractivity contribution in [1.29, 1.82) is 0 Å². The highest BCUT2D eigenvalue weighted by molar-refractivity contribution is 5.84. The van der Waals surface area contributed by atoms with Crippen LogP contribution in [0.5, 0.6) is 0 Å². The summed E-state index contributed by atoms with van der Waals surface area (Å²) in [6.07, 6.45) is 9.28. The fraction of sp³-hybridized carbons (Fsp3) is 0.474. The molecule has 128 valence electrons. The largest absolute Gasteiger partial charge is 0.384 e. The van der Waals surface area contributed by atoms with Crippen LogP contribution < -0.4 is 5.32 Å². The highest BCUT2D eigenvalue weighted by Crippen LogP contribution is 2.41. The van der Waals surface area contributed by atoms with E-state index in [1.165, 1.54) is 0 Å². The fourth-order valence-corrected chi connectivity index (χ4v) is 3.33. The molecule has 1 fully saturated rings. The lowest BCUT2D eigenvalue weighted by Gasteiger charge is -2.40. The molecule has 5 nitrogen and oxygen atoms in total. The standard InChI is InChI=1S/C19H25N3O2/c1-24-14-19(9-5-10-19)18(23)21-17(16-6-3-2-4-7-16)8-12-22-13-11-20-15-22/h2-4,6-7,11,13,15,17H,5,8-10,12,14H2,1H3,(H,21,23)/t17-/m0/s1. The lowest BCUT2D eigenvalue weighted by Crippen LogP contribution is -2.49. The number of aromatic nitrogens is 2. The first-order valence-electron chi connectivity index (χ1n) is 8.54. The van der Waals surface area contributed by atoms with Gasteiger partial charge in [-0.15, -0.1) is 0 Å². The quantitative estimate of drug-likeness (QED) is 0.811. The Hall–Kier alpha value is -2.14. The monoisotopic (exact) mass is 327 g/mol. The van der Waals surface area contributed by atoms with Crippen LogP contribution in [-0.2, 0) is 16.1 Å². The lowest BCUT2D eigenvalue weighted by atomic mass is 9.68. The summed E-state index contributed by atoms with van der Waals surface area (Å²) >= 11 is 0. The Labute approximate surface area is 143 Å². The molecule has 1 aromatic carbocycles. The van der Waals surface area contributed by atoms with Crippen LogP contribution in [0.15, 0.2) is 49.1 Å². The highest BCUT2D eigenvalue weighted by Gasteiger charge is 2.44. The average molecular weight is 327 g/mol. The molecule has 1 aliphatic rings. The topological polar surface area (TPSA) is 56.1 Å². The van der Waals surface area contributed by atoms with Gasteiger partial charge in [-0.2, -0.15) is 0 Å². The van der Waals surface area contributed by atoms with Crippen molar-refractivity contribution in [3.8, 4) is 0 Å². The smallest absolute Gasteiger partial charge is 0.229 e. The summed E-state index contributed by atoms with van der Waals surface area (Å²) < 4.78 is 7.34. The Morgan fingerprint density at radius 1 is 1.38 bits per heavy atom. The molecule has 1 heterocycles. The van der Waals surface area contributed by atoms with E-state index >= 15 is 0 Å². The van der Waals surface area contributed by atoms with E-state index in [0.717, 1.165) is 37.8 Å². The molecule has 0 spiro atoms. The Bertz CT molecular complexity index is 636. The van der Waals surface area contributed by atoms with Crippen molar-refractivity contribution in [2.24, 2.45) is 5.41 Å². The number of carbonyl (C=O) groups excluding carboxylic acids is 1. The predicted octanol–water partition coefficient (Wildman–Crippen LogP) is 2.95. The van der Waals surface area contributed by atoms with E-state index in [0.29, 0.717) is 6.61 Å². The van der Waals surface area contributed by atoms with Crippen LogP contribution >= 0.6 is 0 Å². The van der Waals surface area contributed by atoms with E-state index in [-0.39, 0.29) is 17.4 Å². The van der Waals surface area contributed by atoms with E-state index in [2.05, 4.69) is 22.4 Å². The van der Waals surface area contributed by atoms with Crippen molar-refractivity contribution in [1.82, 2.24) is 14.9 Å². The number of rotatable bonds is 8. The Balaban J connectivity index is 1.70. The molecule has 2 aromatic rings. The minimum absolute atomic E-state index is 0.00423. The van der Waals surface area contributed by atoms with Gasteiger partial charge in [-0.05, 0) is 24.8 Å². The van der Waals surface area contributed by atoms with Gasteiger partial charge < -0.3 is 14.6 Å². The minimum atomic E-state index is -0.337. The van der Waals surface area contributed by atoms with E-state index in [1.807, 2.05) is 35.3 Å². The number of ether oxygens (including phenoxy) is 1. The molecule has 0 unspecified atom stereocenters. The molecule has 0 radical (unpaired) electrons. The van der Waals surface area contributed by atoms with Crippen molar-refractivity contribution in [3.05, 3.63) is 54.6 Å². The summed E-state index contributed by atoms with van der Waals surface area (Å²) in [6.45, 7) is 1.32. The van der Waals surface area contributed by atoms with Crippen molar-refractivity contribution in [2.45, 2.75) is 38.3 Å². The maximum atomic E-state index is 12.9. The molecule has 1 atom stereocenters. The van der Waals surface area contributed by atoms with Crippen molar-refractivity contribution in [2.75, 3.05) is 13.7 Å². The molecule has 1 aromatic heterocycles. The van der Waals surface area contributed by atoms with Gasteiger partial charge in [-0.3, -0.25) is 4.79 Å². The van der Waals surface area contributed by atoms with Crippen LogP contribution in [0.4, 0.5) is 0 Å². The number of nitrogens with one attached hydrogen (secondary N) is 1. The zero-order valence-corrected chi connectivity index (χ0v) is 14.1. The predicted molar refractivity (Wildman–Crippen MR) is 92.3 cm³/mol. The van der Waals surface area contributed by atoms with Gasteiger partial charge in [0.2, 0.25) is 5.91 Å². The second-order valence-corrected chi connectivity index (χ2v) is 6.59. The van der Waals surface area contributed by atoms with Gasteiger partial charge in [0, 0.05) is 26.0 Å². The molecule has 3 rings (SSSR count). The van der Waals surface area contributed by atoms with Gasteiger partial charge in [0.25, 0.3) is 0 Å². The summed E-state index contributed by atoms with van der Waals surface area (Å²) in [5.74, 6) is 0.120. The van der Waals surface area contributed by atoms with Gasteiger partial charge in [0.15, 0.2) is 0 Å². The van der Waals surface area contributed by atoms with Crippen molar-refractivity contribution >= 4 is 5.91 Å². The van der Waals surface area contributed by atoms with E-state index in [1.54, 1.807) is 13.3 Å². The Morgan fingerprint density at radius 2 is 2.17 bits per heavy atom. The zero-order valence-electron chi connectivity index (χ0n) is 14.1. The van der Waals surface area contributed by atoms with Crippen LogP contribution in [0, 0.1) is 5.41 Å². The molecule has 1 aliphatic carbocycles. The third-order valence-electron chi connectivity index (χ3n) is 4.96. The van der Waals surface area contributed by atoms with Crippen LogP contribution in [0.3, 0.4) is 0 Å². The molecular formula is C19H25N3O2. The number of aryl methyl sites for hydroxylation is 1. The van der Waals surface area contributed by atoms with Crippen molar-refractivity contribution in [3.63, 3.8) is 0 Å². The summed E-state index contributed by atoms with van der Waals surface area (Å²) in [4.78, 5) is 17.0.